The number of hydrogen-bond acceptors (Lipinski definition) is 4. The summed E-state index contributed by atoms with van der Waals surface area (Å²) in [6, 6.07) is 7.22. The quantitative estimate of drug-likeness (QED) is 0.753. The van der Waals surface area contributed by atoms with Gasteiger partial charge in [0.15, 0.2) is 17.7 Å². The van der Waals surface area contributed by atoms with Crippen LogP contribution in [0.5, 0.6) is 5.75 Å². The van der Waals surface area contributed by atoms with Crippen LogP contribution < -0.4 is 4.74 Å². The van der Waals surface area contributed by atoms with Gasteiger partial charge in [-0.2, -0.15) is 0 Å². The van der Waals surface area contributed by atoms with E-state index in [1.807, 2.05) is 19.1 Å². The third kappa shape index (κ3) is 2.06. The summed E-state index contributed by atoms with van der Waals surface area (Å²) in [6.07, 6.45) is -0.323. The number of fused-ring (bicyclic) bond motifs is 1. The van der Waals surface area contributed by atoms with Crippen LogP contribution in [-0.4, -0.2) is 31.9 Å². The third-order valence-electron chi connectivity index (χ3n) is 2.97. The highest BCUT2D eigenvalue weighted by Gasteiger charge is 2.43. The van der Waals surface area contributed by atoms with Crippen molar-refractivity contribution in [2.24, 2.45) is 0 Å². The van der Waals surface area contributed by atoms with Crippen LogP contribution in [0.2, 0.25) is 0 Å². The molecule has 0 amide bonds. The van der Waals surface area contributed by atoms with Crippen LogP contribution in [0.25, 0.3) is 0 Å². The number of carbonyl (C=O) groups excluding carboxylic acids is 1. The van der Waals surface area contributed by atoms with Crippen LogP contribution in [0.3, 0.4) is 0 Å². The number of methoxy groups -OCH3 is 2. The molecule has 0 radical (unpaired) electrons. The molecule has 0 N–H and O–H groups in total. The molecule has 0 spiro atoms. The van der Waals surface area contributed by atoms with Crippen LogP contribution in [0, 0.1) is 0 Å². The SMILES string of the molecule is COC(OC)[C@@]1(C)CC(=O)c2ccccc2O1. The van der Waals surface area contributed by atoms with Gasteiger partial charge in [0.1, 0.15) is 5.75 Å². The van der Waals surface area contributed by atoms with Crippen LogP contribution >= 0.6 is 0 Å². The molecule has 0 fully saturated rings. The van der Waals surface area contributed by atoms with Crippen LogP contribution in [0.1, 0.15) is 23.7 Å². The van der Waals surface area contributed by atoms with Crippen molar-refractivity contribution < 1.29 is 19.0 Å². The van der Waals surface area contributed by atoms with Crippen LogP contribution in [0.15, 0.2) is 24.3 Å². The number of ketones is 1. The molecule has 1 aromatic carbocycles. The molecule has 0 bridgehead atoms. The second kappa shape index (κ2) is 4.47. The van der Waals surface area contributed by atoms with E-state index >= 15 is 0 Å². The van der Waals surface area contributed by atoms with Gasteiger partial charge in [-0.05, 0) is 19.1 Å². The lowest BCUT2D eigenvalue weighted by Crippen LogP contribution is -2.50. The Bertz CT molecular complexity index is 425. The van der Waals surface area contributed by atoms with Crippen molar-refractivity contribution in [2.75, 3.05) is 14.2 Å². The van der Waals surface area contributed by atoms with Gasteiger partial charge in [0, 0.05) is 14.2 Å². The molecular weight excluding hydrogens is 220 g/mol. The largest absolute Gasteiger partial charge is 0.481 e. The number of Topliss-reactive ketones (excluding diaryl/α,β-unsaturated/α-hetero) is 1. The molecule has 17 heavy (non-hydrogen) atoms. The molecule has 0 aromatic heterocycles. The Morgan fingerprint density at radius 3 is 2.59 bits per heavy atom. The zero-order chi connectivity index (χ0) is 12.5. The van der Waals surface area contributed by atoms with E-state index in [0.717, 1.165) is 0 Å². The lowest BCUT2D eigenvalue weighted by atomic mass is 9.91. The summed E-state index contributed by atoms with van der Waals surface area (Å²) in [5.41, 5.74) is -0.162. The molecule has 4 nitrogen and oxygen atoms in total. The fourth-order valence-corrected chi connectivity index (χ4v) is 2.21. The van der Waals surface area contributed by atoms with Gasteiger partial charge in [0.2, 0.25) is 0 Å². The topological polar surface area (TPSA) is 44.8 Å². The maximum absolute atomic E-state index is 12.0. The van der Waals surface area contributed by atoms with Gasteiger partial charge in [-0.15, -0.1) is 0 Å². The first kappa shape index (κ1) is 12.1. The number of hydrogen-bond donors (Lipinski definition) is 0. The fraction of sp³-hybridized carbons (Fsp3) is 0.462. The van der Waals surface area contributed by atoms with Crippen molar-refractivity contribution in [1.29, 1.82) is 0 Å². The summed E-state index contributed by atoms with van der Waals surface area (Å²) in [5, 5.41) is 0. The Balaban J connectivity index is 2.36. The first-order chi connectivity index (χ1) is 8.10. The minimum absolute atomic E-state index is 0.0495. The van der Waals surface area contributed by atoms with Crippen molar-refractivity contribution in [1.82, 2.24) is 0 Å². The zero-order valence-corrected chi connectivity index (χ0v) is 10.2. The van der Waals surface area contributed by atoms with E-state index in [-0.39, 0.29) is 12.2 Å². The van der Waals surface area contributed by atoms with Gasteiger partial charge in [-0.25, -0.2) is 0 Å². The van der Waals surface area contributed by atoms with Crippen molar-refractivity contribution >= 4 is 5.78 Å². The molecule has 4 heteroatoms. The Kier molecular flexibility index (Phi) is 3.17. The third-order valence-corrected chi connectivity index (χ3v) is 2.97. The van der Waals surface area contributed by atoms with E-state index in [2.05, 4.69) is 0 Å². The lowest BCUT2D eigenvalue weighted by Gasteiger charge is -2.38. The Morgan fingerprint density at radius 1 is 1.29 bits per heavy atom. The molecule has 1 atom stereocenters. The summed E-state index contributed by atoms with van der Waals surface area (Å²) in [5.74, 6) is 0.638. The summed E-state index contributed by atoms with van der Waals surface area (Å²) in [4.78, 5) is 12.0. The number of rotatable bonds is 3. The highest BCUT2D eigenvalue weighted by molar-refractivity contribution is 6.00. The van der Waals surface area contributed by atoms with Crippen molar-refractivity contribution in [3.63, 3.8) is 0 Å². The summed E-state index contributed by atoms with van der Waals surface area (Å²) < 4.78 is 16.3. The summed E-state index contributed by atoms with van der Waals surface area (Å²) in [6.45, 7) is 1.82. The van der Waals surface area contributed by atoms with E-state index in [1.54, 1.807) is 12.1 Å². The molecule has 1 aliphatic heterocycles. The molecule has 92 valence electrons. The van der Waals surface area contributed by atoms with Crippen molar-refractivity contribution in [3.8, 4) is 5.75 Å². The first-order valence-electron chi connectivity index (χ1n) is 5.47. The predicted octanol–water partition coefficient (Wildman–Crippen LogP) is 2.03. The molecule has 1 heterocycles. The molecular formula is C13H16O4. The molecule has 1 aliphatic rings. The first-order valence-corrected chi connectivity index (χ1v) is 5.47. The average Bonchev–Trinajstić information content (AvgIpc) is 2.30. The Morgan fingerprint density at radius 2 is 1.94 bits per heavy atom. The smallest absolute Gasteiger partial charge is 0.197 e. The van der Waals surface area contributed by atoms with E-state index < -0.39 is 11.9 Å². The predicted molar refractivity (Wildman–Crippen MR) is 62.2 cm³/mol. The second-order valence-electron chi connectivity index (χ2n) is 4.31. The van der Waals surface area contributed by atoms with Gasteiger partial charge >= 0.3 is 0 Å². The standard InChI is InChI=1S/C13H16O4/c1-13(12(15-2)16-3)8-10(14)9-6-4-5-7-11(9)17-13/h4-7,12H,8H2,1-3H3/t13-/m1/s1. The molecule has 0 saturated carbocycles. The number of ether oxygens (including phenoxy) is 3. The van der Waals surface area contributed by atoms with E-state index in [1.165, 1.54) is 14.2 Å². The van der Waals surface area contributed by atoms with Gasteiger partial charge in [-0.3, -0.25) is 4.79 Å². The van der Waals surface area contributed by atoms with Gasteiger partial charge < -0.3 is 14.2 Å². The molecule has 0 saturated heterocycles. The monoisotopic (exact) mass is 236 g/mol. The van der Waals surface area contributed by atoms with Crippen LogP contribution in [-0.2, 0) is 9.47 Å². The minimum atomic E-state index is -0.783. The Hall–Kier alpha value is -1.39. The number of carbonyl (C=O) groups is 1. The van der Waals surface area contributed by atoms with Crippen molar-refractivity contribution in [3.05, 3.63) is 29.8 Å². The Labute approximate surface area is 100 Å². The van der Waals surface area contributed by atoms with Crippen molar-refractivity contribution in [2.45, 2.75) is 25.2 Å². The number of para-hydroxylation sites is 1. The average molecular weight is 236 g/mol. The van der Waals surface area contributed by atoms with Gasteiger partial charge in [0.25, 0.3) is 0 Å². The van der Waals surface area contributed by atoms with Gasteiger partial charge in [0.05, 0.1) is 12.0 Å². The van der Waals surface area contributed by atoms with Crippen LogP contribution in [0.4, 0.5) is 0 Å². The zero-order valence-electron chi connectivity index (χ0n) is 10.2. The van der Waals surface area contributed by atoms with E-state index in [0.29, 0.717) is 11.3 Å². The summed E-state index contributed by atoms with van der Waals surface area (Å²) >= 11 is 0. The fourth-order valence-electron chi connectivity index (χ4n) is 2.21. The molecule has 1 aromatic rings. The van der Waals surface area contributed by atoms with E-state index in [4.69, 9.17) is 14.2 Å². The normalized spacial score (nSPS) is 23.4. The lowest BCUT2D eigenvalue weighted by molar-refractivity contribution is -0.197. The molecule has 0 aliphatic carbocycles. The van der Waals surface area contributed by atoms with E-state index in [9.17, 15) is 4.79 Å². The minimum Gasteiger partial charge on any atom is -0.481 e. The maximum atomic E-state index is 12.0. The number of benzene rings is 1. The van der Waals surface area contributed by atoms with Gasteiger partial charge in [-0.1, -0.05) is 12.1 Å². The highest BCUT2D eigenvalue weighted by atomic mass is 16.7. The molecule has 2 rings (SSSR count). The second-order valence-corrected chi connectivity index (χ2v) is 4.31. The summed E-state index contributed by atoms with van der Waals surface area (Å²) in [7, 11) is 3.07. The highest BCUT2D eigenvalue weighted by Crippen LogP contribution is 2.35. The maximum Gasteiger partial charge on any atom is 0.197 e. The molecule has 0 unspecified atom stereocenters.